The lowest BCUT2D eigenvalue weighted by molar-refractivity contribution is 0.576. The van der Waals surface area contributed by atoms with Crippen LogP contribution in [0, 0.1) is 5.92 Å². The maximum Gasteiger partial charge on any atom is 0.147 e. The van der Waals surface area contributed by atoms with E-state index in [4.69, 9.17) is 0 Å². The molecule has 3 nitrogen and oxygen atoms in total. The molecule has 0 aromatic rings. The highest BCUT2D eigenvalue weighted by Gasteiger charge is 2.18. The molecule has 0 amide bonds. The number of nitrogens with one attached hydrogen (secondary N) is 1. The quantitative estimate of drug-likeness (QED) is 0.685. The van der Waals surface area contributed by atoms with Gasteiger partial charge < -0.3 is 5.32 Å². The van der Waals surface area contributed by atoms with Crippen molar-refractivity contribution in [1.29, 1.82) is 0 Å². The van der Waals surface area contributed by atoms with Crippen molar-refractivity contribution in [2.45, 2.75) is 6.42 Å². The molecule has 1 fully saturated rings. The summed E-state index contributed by atoms with van der Waals surface area (Å²) in [6.07, 6.45) is 2.30. The lowest BCUT2D eigenvalue weighted by Crippen LogP contribution is -2.17. The third-order valence-electron chi connectivity index (χ3n) is 1.70. The summed E-state index contributed by atoms with van der Waals surface area (Å²) in [5.74, 6) is 0.704. The maximum atomic E-state index is 10.8. The van der Waals surface area contributed by atoms with Crippen LogP contribution in [0.3, 0.4) is 0 Å². The molecule has 1 saturated heterocycles. The molecule has 1 aliphatic rings. The third kappa shape index (κ3) is 4.61. The van der Waals surface area contributed by atoms with Crippen molar-refractivity contribution < 1.29 is 8.42 Å². The van der Waals surface area contributed by atoms with Gasteiger partial charge in [-0.2, -0.15) is 0 Å². The summed E-state index contributed by atoms with van der Waals surface area (Å²) in [6.45, 7) is 1.84. The second kappa shape index (κ2) is 4.28. The molecule has 0 aromatic carbocycles. The largest absolute Gasteiger partial charge is 0.316 e. The van der Waals surface area contributed by atoms with E-state index in [-0.39, 0.29) is 12.4 Å². The van der Waals surface area contributed by atoms with Gasteiger partial charge in [-0.3, -0.25) is 0 Å². The van der Waals surface area contributed by atoms with Crippen LogP contribution in [0.4, 0.5) is 0 Å². The first-order valence-electron chi connectivity index (χ1n) is 3.46. The molecule has 0 saturated carbocycles. The molecule has 1 atom stereocenters. The van der Waals surface area contributed by atoms with Gasteiger partial charge in [0.25, 0.3) is 0 Å². The van der Waals surface area contributed by atoms with Crippen molar-refractivity contribution in [1.82, 2.24) is 5.32 Å². The predicted molar refractivity (Wildman–Crippen MR) is 47.9 cm³/mol. The average Bonchev–Trinajstić information content (AvgIpc) is 2.12. The van der Waals surface area contributed by atoms with Gasteiger partial charge >= 0.3 is 0 Å². The number of hydrogen-bond acceptors (Lipinski definition) is 3. The Bertz CT molecular complexity index is 197. The SMILES string of the molecule is CS(=O)(=O)CC1CCNC1.Cl. The molecular weight excluding hydrogens is 186 g/mol. The molecule has 1 unspecified atom stereocenters. The van der Waals surface area contributed by atoms with Crippen molar-refractivity contribution in [2.75, 3.05) is 25.1 Å². The van der Waals surface area contributed by atoms with Crippen molar-refractivity contribution in [3.63, 3.8) is 0 Å². The zero-order valence-electron chi connectivity index (χ0n) is 6.54. The minimum Gasteiger partial charge on any atom is -0.316 e. The molecule has 1 aliphatic heterocycles. The van der Waals surface area contributed by atoms with Crippen LogP contribution in [0.1, 0.15) is 6.42 Å². The van der Waals surface area contributed by atoms with E-state index in [9.17, 15) is 8.42 Å². The summed E-state index contributed by atoms with van der Waals surface area (Å²) in [5, 5.41) is 3.13. The first-order valence-corrected chi connectivity index (χ1v) is 5.52. The molecule has 5 heteroatoms. The summed E-state index contributed by atoms with van der Waals surface area (Å²) in [4.78, 5) is 0. The highest BCUT2D eigenvalue weighted by atomic mass is 35.5. The molecule has 0 aromatic heterocycles. The Balaban J connectivity index is 0.000001000. The van der Waals surface area contributed by atoms with Crippen molar-refractivity contribution in [3.8, 4) is 0 Å². The molecule has 1 rings (SSSR count). The van der Waals surface area contributed by atoms with Crippen LogP contribution in [0.5, 0.6) is 0 Å². The van der Waals surface area contributed by atoms with Gasteiger partial charge in [-0.1, -0.05) is 0 Å². The van der Waals surface area contributed by atoms with Crippen molar-refractivity contribution in [2.24, 2.45) is 5.92 Å². The highest BCUT2D eigenvalue weighted by Crippen LogP contribution is 2.09. The Morgan fingerprint density at radius 1 is 1.55 bits per heavy atom. The molecule has 0 aliphatic carbocycles. The molecule has 0 radical (unpaired) electrons. The number of hydrogen-bond donors (Lipinski definition) is 1. The normalized spacial score (nSPS) is 24.6. The Morgan fingerprint density at radius 3 is 2.55 bits per heavy atom. The monoisotopic (exact) mass is 199 g/mol. The standard InChI is InChI=1S/C6H13NO2S.ClH/c1-10(8,9)5-6-2-3-7-4-6;/h6-7H,2-5H2,1H3;1H. The lowest BCUT2D eigenvalue weighted by atomic mass is 10.2. The topological polar surface area (TPSA) is 46.2 Å². The summed E-state index contributed by atoms with van der Waals surface area (Å²) >= 11 is 0. The summed E-state index contributed by atoms with van der Waals surface area (Å²) in [6, 6.07) is 0. The van der Waals surface area contributed by atoms with Crippen LogP contribution < -0.4 is 5.32 Å². The van der Waals surface area contributed by atoms with Crippen LogP contribution >= 0.6 is 12.4 Å². The van der Waals surface area contributed by atoms with E-state index in [0.717, 1.165) is 19.5 Å². The van der Waals surface area contributed by atoms with Gasteiger partial charge in [0.15, 0.2) is 0 Å². The van der Waals surface area contributed by atoms with Crippen molar-refractivity contribution >= 4 is 22.2 Å². The molecule has 11 heavy (non-hydrogen) atoms. The number of sulfone groups is 1. The van der Waals surface area contributed by atoms with E-state index in [1.165, 1.54) is 6.26 Å². The van der Waals surface area contributed by atoms with E-state index < -0.39 is 9.84 Å². The zero-order chi connectivity index (χ0) is 7.61. The van der Waals surface area contributed by atoms with Crippen LogP contribution in [-0.4, -0.2) is 33.5 Å². The van der Waals surface area contributed by atoms with E-state index in [2.05, 4.69) is 5.32 Å². The van der Waals surface area contributed by atoms with Crippen molar-refractivity contribution in [3.05, 3.63) is 0 Å². The van der Waals surface area contributed by atoms with Gasteiger partial charge in [0.05, 0.1) is 5.75 Å². The average molecular weight is 200 g/mol. The second-order valence-corrected chi connectivity index (χ2v) is 5.14. The Hall–Kier alpha value is 0.200. The minimum atomic E-state index is -2.75. The lowest BCUT2D eigenvalue weighted by Gasteiger charge is -2.03. The second-order valence-electron chi connectivity index (χ2n) is 2.95. The van der Waals surface area contributed by atoms with Gasteiger partial charge in [0.1, 0.15) is 9.84 Å². The van der Waals surface area contributed by atoms with E-state index in [1.54, 1.807) is 0 Å². The smallest absolute Gasteiger partial charge is 0.147 e. The molecule has 1 N–H and O–H groups in total. The highest BCUT2D eigenvalue weighted by molar-refractivity contribution is 7.90. The van der Waals surface area contributed by atoms with Crippen LogP contribution in [0.2, 0.25) is 0 Å². The Morgan fingerprint density at radius 2 is 2.18 bits per heavy atom. The summed E-state index contributed by atoms with van der Waals surface area (Å²) in [7, 11) is -2.75. The van der Waals surface area contributed by atoms with Crippen LogP contribution in [0.15, 0.2) is 0 Å². The molecule has 1 heterocycles. The van der Waals surface area contributed by atoms with Gasteiger partial charge in [0.2, 0.25) is 0 Å². The number of rotatable bonds is 2. The first kappa shape index (κ1) is 11.2. The van der Waals surface area contributed by atoms with Crippen LogP contribution in [-0.2, 0) is 9.84 Å². The van der Waals surface area contributed by atoms with Crippen LogP contribution in [0.25, 0.3) is 0 Å². The van der Waals surface area contributed by atoms with E-state index in [0.29, 0.717) is 11.7 Å². The van der Waals surface area contributed by atoms with E-state index in [1.807, 2.05) is 0 Å². The fourth-order valence-corrected chi connectivity index (χ4v) is 2.43. The zero-order valence-corrected chi connectivity index (χ0v) is 8.17. The first-order chi connectivity index (χ1) is 4.58. The van der Waals surface area contributed by atoms with Gasteiger partial charge in [-0.25, -0.2) is 8.42 Å². The Labute approximate surface area is 73.9 Å². The molecule has 0 spiro atoms. The Kier molecular flexibility index (Phi) is 4.36. The molecular formula is C6H14ClNO2S. The van der Waals surface area contributed by atoms with Gasteiger partial charge in [-0.05, 0) is 25.4 Å². The minimum absolute atomic E-state index is 0. The number of halogens is 1. The van der Waals surface area contributed by atoms with E-state index >= 15 is 0 Å². The van der Waals surface area contributed by atoms with Gasteiger partial charge in [-0.15, -0.1) is 12.4 Å². The summed E-state index contributed by atoms with van der Waals surface area (Å²) < 4.78 is 21.5. The third-order valence-corrected chi connectivity index (χ3v) is 2.78. The molecule has 0 bridgehead atoms. The maximum absolute atomic E-state index is 10.8. The van der Waals surface area contributed by atoms with Gasteiger partial charge in [0, 0.05) is 6.26 Å². The fourth-order valence-electron chi connectivity index (χ4n) is 1.28. The fraction of sp³-hybridized carbons (Fsp3) is 1.00. The predicted octanol–water partition coefficient (Wildman–Crippen LogP) is 0.0623. The molecule has 68 valence electrons. The summed E-state index contributed by atoms with van der Waals surface area (Å²) in [5.41, 5.74) is 0.